The van der Waals surface area contributed by atoms with E-state index in [1.165, 1.54) is 12.1 Å². The molecule has 0 radical (unpaired) electrons. The number of pyridine rings is 2. The van der Waals surface area contributed by atoms with Crippen molar-refractivity contribution in [3.05, 3.63) is 54.6 Å². The Hall–Kier alpha value is -2.72. The van der Waals surface area contributed by atoms with Gasteiger partial charge in [-0.25, -0.2) is 9.37 Å². The molecule has 1 aliphatic rings. The van der Waals surface area contributed by atoms with Crippen molar-refractivity contribution in [2.45, 2.75) is 0 Å². The second-order valence-electron chi connectivity index (χ2n) is 5.71. The lowest BCUT2D eigenvalue weighted by atomic mass is 10.1. The van der Waals surface area contributed by atoms with Crippen LogP contribution in [0.4, 0.5) is 21.6 Å². The molecule has 2 N–H and O–H groups in total. The first-order valence-electron chi connectivity index (χ1n) is 7.79. The minimum Gasteiger partial charge on any atom is -0.488 e. The highest BCUT2D eigenvalue weighted by atomic mass is 31.0. The molecule has 0 aliphatic carbocycles. The first kappa shape index (κ1) is 15.8. The zero-order valence-corrected chi connectivity index (χ0v) is 14.5. The van der Waals surface area contributed by atoms with Crippen LogP contribution < -0.4 is 20.7 Å². The van der Waals surface area contributed by atoms with Gasteiger partial charge in [0.2, 0.25) is 0 Å². The number of nitrogens with zero attached hydrogens (tertiary/aromatic N) is 3. The van der Waals surface area contributed by atoms with Crippen LogP contribution in [0.1, 0.15) is 0 Å². The largest absolute Gasteiger partial charge is 0.488 e. The summed E-state index contributed by atoms with van der Waals surface area (Å²) in [6.45, 7) is 1.22. The molecule has 0 spiro atoms. The Morgan fingerprint density at radius 2 is 2.04 bits per heavy atom. The maximum Gasteiger partial charge on any atom is 0.161 e. The minimum atomic E-state index is -0.296. The summed E-state index contributed by atoms with van der Waals surface area (Å²) < 4.78 is 19.4. The first-order chi connectivity index (χ1) is 12.1. The number of ether oxygens (including phenoxy) is 1. The van der Waals surface area contributed by atoms with Crippen LogP contribution in [0.25, 0.3) is 11.3 Å². The van der Waals surface area contributed by atoms with Crippen molar-refractivity contribution in [2.75, 3.05) is 23.8 Å². The van der Waals surface area contributed by atoms with Crippen molar-refractivity contribution < 1.29 is 9.13 Å². The molecule has 5 nitrogen and oxygen atoms in total. The number of hydrogen-bond donors (Lipinski definition) is 1. The van der Waals surface area contributed by atoms with E-state index in [1.54, 1.807) is 18.5 Å². The third-order valence-corrected chi connectivity index (χ3v) is 4.58. The van der Waals surface area contributed by atoms with Gasteiger partial charge in [0.25, 0.3) is 0 Å². The molecule has 0 amide bonds. The quantitative estimate of drug-likeness (QED) is 0.717. The Morgan fingerprint density at radius 1 is 1.16 bits per heavy atom. The average Bonchev–Trinajstić information content (AvgIpc) is 2.63. The lowest BCUT2D eigenvalue weighted by molar-refractivity contribution is 0.313. The summed E-state index contributed by atoms with van der Waals surface area (Å²) in [4.78, 5) is 10.6. The number of anilines is 3. The number of rotatable bonds is 2. The predicted molar refractivity (Wildman–Crippen MR) is 100 cm³/mol. The number of aromatic nitrogens is 2. The number of nitrogen functional groups attached to an aromatic ring is 1. The second-order valence-corrected chi connectivity index (χ2v) is 6.33. The highest BCUT2D eigenvalue weighted by Gasteiger charge is 2.21. The molecule has 0 saturated heterocycles. The summed E-state index contributed by atoms with van der Waals surface area (Å²) in [5.41, 5.74) is 9.03. The van der Waals surface area contributed by atoms with Crippen molar-refractivity contribution in [3.8, 4) is 17.0 Å². The van der Waals surface area contributed by atoms with E-state index in [-0.39, 0.29) is 5.82 Å². The monoisotopic (exact) mass is 354 g/mol. The Morgan fingerprint density at radius 3 is 2.88 bits per heavy atom. The van der Waals surface area contributed by atoms with Crippen LogP contribution >= 0.6 is 9.24 Å². The van der Waals surface area contributed by atoms with Crippen LogP contribution in [0.5, 0.6) is 5.75 Å². The Labute approximate surface area is 146 Å². The van der Waals surface area contributed by atoms with Gasteiger partial charge in [0.1, 0.15) is 18.2 Å². The van der Waals surface area contributed by atoms with Gasteiger partial charge in [-0.2, -0.15) is 0 Å². The van der Waals surface area contributed by atoms with E-state index < -0.39 is 0 Å². The van der Waals surface area contributed by atoms with Crippen molar-refractivity contribution in [2.24, 2.45) is 0 Å². The molecule has 3 heterocycles. The summed E-state index contributed by atoms with van der Waals surface area (Å²) in [5.74, 6) is 0.847. The van der Waals surface area contributed by atoms with E-state index in [0.717, 1.165) is 22.2 Å². The topological polar surface area (TPSA) is 64.3 Å². The molecule has 126 valence electrons. The van der Waals surface area contributed by atoms with Crippen LogP contribution in [0.15, 0.2) is 48.8 Å². The van der Waals surface area contributed by atoms with Gasteiger partial charge in [0.15, 0.2) is 5.75 Å². The van der Waals surface area contributed by atoms with E-state index in [1.807, 2.05) is 18.2 Å². The van der Waals surface area contributed by atoms with Gasteiger partial charge >= 0.3 is 0 Å². The zero-order chi connectivity index (χ0) is 17.4. The van der Waals surface area contributed by atoms with Crippen LogP contribution in [0.3, 0.4) is 0 Å². The molecule has 1 atom stereocenters. The molecule has 2 aromatic heterocycles. The van der Waals surface area contributed by atoms with Gasteiger partial charge in [-0.3, -0.25) is 4.98 Å². The lowest BCUT2D eigenvalue weighted by Gasteiger charge is -2.31. The summed E-state index contributed by atoms with van der Waals surface area (Å²) in [6, 6.07) is 10.3. The fourth-order valence-corrected chi connectivity index (χ4v) is 3.22. The van der Waals surface area contributed by atoms with E-state index in [4.69, 9.17) is 10.5 Å². The fraction of sp³-hybridized carbons (Fsp3) is 0.111. The SMILES string of the molecule is Nc1cc(N2CCOc3cnc(-c4cc(F)ccc4P)cc32)ccn1. The second kappa shape index (κ2) is 6.30. The van der Waals surface area contributed by atoms with E-state index in [0.29, 0.717) is 30.4 Å². The number of hydrogen-bond acceptors (Lipinski definition) is 5. The molecule has 1 aliphatic heterocycles. The molecule has 0 bridgehead atoms. The molecular formula is C18H16FN4OP. The summed E-state index contributed by atoms with van der Waals surface area (Å²) >= 11 is 0. The van der Waals surface area contributed by atoms with Crippen molar-refractivity contribution >= 4 is 31.7 Å². The standard InChI is InChI=1S/C18H16FN4OP/c19-11-1-2-17(25)13(7-11)14-9-15-16(10-22-14)24-6-5-23(15)12-3-4-21-18(20)8-12/h1-4,7-10H,5-6,25H2,(H2,20,21). The number of fused-ring (bicyclic) bond motifs is 1. The number of benzene rings is 1. The zero-order valence-electron chi connectivity index (χ0n) is 13.3. The molecule has 0 fully saturated rings. The fourth-order valence-electron chi connectivity index (χ4n) is 2.89. The van der Waals surface area contributed by atoms with Gasteiger partial charge in [-0.05, 0) is 29.6 Å². The van der Waals surface area contributed by atoms with E-state index >= 15 is 0 Å². The molecule has 25 heavy (non-hydrogen) atoms. The van der Waals surface area contributed by atoms with E-state index in [9.17, 15) is 4.39 Å². The summed E-state index contributed by atoms with van der Waals surface area (Å²) in [7, 11) is 2.61. The summed E-state index contributed by atoms with van der Waals surface area (Å²) in [5, 5.41) is 0.880. The summed E-state index contributed by atoms with van der Waals surface area (Å²) in [6.07, 6.45) is 3.35. The molecule has 3 aromatic rings. The van der Waals surface area contributed by atoms with E-state index in [2.05, 4.69) is 24.1 Å². The van der Waals surface area contributed by atoms with Crippen LogP contribution in [-0.4, -0.2) is 23.1 Å². The van der Waals surface area contributed by atoms with Crippen molar-refractivity contribution in [3.63, 3.8) is 0 Å². The van der Waals surface area contributed by atoms with Gasteiger partial charge in [-0.1, -0.05) is 6.07 Å². The molecule has 4 rings (SSSR count). The molecule has 1 unspecified atom stereocenters. The third kappa shape index (κ3) is 3.01. The molecular weight excluding hydrogens is 338 g/mol. The van der Waals surface area contributed by atoms with Crippen LogP contribution in [-0.2, 0) is 0 Å². The minimum absolute atomic E-state index is 0.296. The predicted octanol–water partition coefficient (Wildman–Crippen LogP) is 2.90. The normalized spacial score (nSPS) is 13.3. The van der Waals surface area contributed by atoms with Gasteiger partial charge in [0, 0.05) is 23.5 Å². The highest BCUT2D eigenvalue weighted by molar-refractivity contribution is 7.28. The van der Waals surface area contributed by atoms with Crippen LogP contribution in [0.2, 0.25) is 0 Å². The maximum absolute atomic E-state index is 13.7. The Bertz CT molecular complexity index is 950. The first-order valence-corrected chi connectivity index (χ1v) is 8.37. The smallest absolute Gasteiger partial charge is 0.161 e. The number of nitrogens with two attached hydrogens (primary N) is 1. The van der Waals surface area contributed by atoms with Crippen molar-refractivity contribution in [1.82, 2.24) is 9.97 Å². The number of halogens is 1. The lowest BCUT2D eigenvalue weighted by Crippen LogP contribution is -2.28. The van der Waals surface area contributed by atoms with Crippen molar-refractivity contribution in [1.29, 1.82) is 0 Å². The Balaban J connectivity index is 1.82. The Kier molecular flexibility index (Phi) is 3.98. The molecule has 7 heteroatoms. The highest BCUT2D eigenvalue weighted by Crippen LogP contribution is 2.38. The third-order valence-electron chi connectivity index (χ3n) is 4.08. The van der Waals surface area contributed by atoms with Gasteiger partial charge in [0.05, 0.1) is 24.1 Å². The van der Waals surface area contributed by atoms with Gasteiger partial charge in [-0.15, -0.1) is 9.24 Å². The molecule has 1 aromatic carbocycles. The van der Waals surface area contributed by atoms with Crippen LogP contribution in [0, 0.1) is 5.82 Å². The van der Waals surface area contributed by atoms with Gasteiger partial charge < -0.3 is 15.4 Å². The maximum atomic E-state index is 13.7. The average molecular weight is 354 g/mol. The molecule has 0 saturated carbocycles.